The average Bonchev–Trinajstić information content (AvgIpc) is 2.45. The molecule has 1 aromatic rings. The highest BCUT2D eigenvalue weighted by Crippen LogP contribution is 2.25. The highest BCUT2D eigenvalue weighted by atomic mass is 32.1. The minimum Gasteiger partial charge on any atom is -0.444 e. The van der Waals surface area contributed by atoms with Crippen LogP contribution in [-0.4, -0.2) is 39.6 Å². The molecule has 0 aliphatic heterocycles. The van der Waals surface area contributed by atoms with E-state index in [1.165, 1.54) is 23.1 Å². The molecule has 0 unspecified atom stereocenters. The number of likely N-dealkylation sites (N-methyl/N-ethyl adjacent to an activating group) is 1. The van der Waals surface area contributed by atoms with Crippen LogP contribution in [0.25, 0.3) is 0 Å². The molecule has 3 N–H and O–H groups in total. The van der Waals surface area contributed by atoms with Crippen molar-refractivity contribution in [1.82, 2.24) is 4.90 Å². The van der Waals surface area contributed by atoms with Crippen molar-refractivity contribution in [3.05, 3.63) is 28.3 Å². The Bertz CT molecular complexity index is 657. The number of nitro benzene ring substituents is 1. The Balaban J connectivity index is 2.85. The van der Waals surface area contributed by atoms with Crippen LogP contribution in [0.2, 0.25) is 0 Å². The van der Waals surface area contributed by atoms with Crippen molar-refractivity contribution in [2.75, 3.05) is 18.1 Å². The molecule has 0 bridgehead atoms. The van der Waals surface area contributed by atoms with E-state index in [1.54, 1.807) is 34.7 Å². The molecule has 1 aromatic carbocycles. The topological polar surface area (TPSA) is 111 Å². The number of carbonyl (C=O) groups excluding carboxylic acids is 1. The summed E-state index contributed by atoms with van der Waals surface area (Å²) in [7, 11) is 1.56. The normalized spacial score (nSPS) is 12.2. The molecular weight excluding hydrogens is 332 g/mol. The third kappa shape index (κ3) is 5.34. The van der Waals surface area contributed by atoms with Gasteiger partial charge in [0, 0.05) is 19.2 Å². The monoisotopic (exact) mass is 354 g/mol. The summed E-state index contributed by atoms with van der Waals surface area (Å²) in [6.45, 7) is 7.02. The number of rotatable bonds is 4. The van der Waals surface area contributed by atoms with Gasteiger partial charge >= 0.3 is 6.09 Å². The van der Waals surface area contributed by atoms with Crippen molar-refractivity contribution in [3.63, 3.8) is 0 Å². The summed E-state index contributed by atoms with van der Waals surface area (Å²) in [4.78, 5) is 24.0. The van der Waals surface area contributed by atoms with Crippen molar-refractivity contribution in [2.45, 2.75) is 39.3 Å². The van der Waals surface area contributed by atoms with Crippen LogP contribution in [-0.2, 0) is 4.74 Å². The van der Waals surface area contributed by atoms with E-state index in [0.29, 0.717) is 11.4 Å². The Kier molecular flexibility index (Phi) is 6.08. The third-order valence-corrected chi connectivity index (χ3v) is 3.59. The summed E-state index contributed by atoms with van der Waals surface area (Å²) in [5.74, 6) is 0. The van der Waals surface area contributed by atoms with Crippen LogP contribution in [0.4, 0.5) is 21.9 Å². The molecule has 24 heavy (non-hydrogen) atoms. The third-order valence-electron chi connectivity index (χ3n) is 3.15. The largest absolute Gasteiger partial charge is 0.444 e. The summed E-state index contributed by atoms with van der Waals surface area (Å²) in [5, 5.41) is 13.7. The zero-order valence-electron chi connectivity index (χ0n) is 14.3. The van der Waals surface area contributed by atoms with Gasteiger partial charge < -0.3 is 20.7 Å². The van der Waals surface area contributed by atoms with Crippen LogP contribution < -0.4 is 11.1 Å². The van der Waals surface area contributed by atoms with E-state index in [9.17, 15) is 14.9 Å². The van der Waals surface area contributed by atoms with Crippen molar-refractivity contribution < 1.29 is 14.5 Å². The van der Waals surface area contributed by atoms with Gasteiger partial charge in [-0.05, 0) is 33.8 Å². The lowest BCUT2D eigenvalue weighted by molar-refractivity contribution is -0.384. The number of nitrogens with two attached hydrogens (primary N) is 1. The number of anilines is 2. The van der Waals surface area contributed by atoms with Gasteiger partial charge in [0.05, 0.1) is 22.3 Å². The maximum Gasteiger partial charge on any atom is 0.410 e. The van der Waals surface area contributed by atoms with Gasteiger partial charge in [-0.15, -0.1) is 0 Å². The van der Waals surface area contributed by atoms with Gasteiger partial charge in [0.1, 0.15) is 10.6 Å². The van der Waals surface area contributed by atoms with Crippen LogP contribution in [0.5, 0.6) is 0 Å². The van der Waals surface area contributed by atoms with E-state index in [4.69, 9.17) is 22.7 Å². The van der Waals surface area contributed by atoms with E-state index in [2.05, 4.69) is 5.32 Å². The minimum atomic E-state index is -0.620. The van der Waals surface area contributed by atoms with Crippen molar-refractivity contribution in [2.24, 2.45) is 0 Å². The SMILES string of the molecule is C[C@@H](C(=S)Nc1cc([N+](=O)[O-])ccc1N)N(C)C(=O)OC(C)(C)C. The molecule has 0 radical (unpaired) electrons. The Morgan fingerprint density at radius 3 is 2.54 bits per heavy atom. The van der Waals surface area contributed by atoms with E-state index in [1.807, 2.05) is 0 Å². The van der Waals surface area contributed by atoms with E-state index in [-0.39, 0.29) is 10.7 Å². The van der Waals surface area contributed by atoms with Crippen molar-refractivity contribution >= 4 is 40.4 Å². The number of carbonyl (C=O) groups is 1. The van der Waals surface area contributed by atoms with Gasteiger partial charge in [0.2, 0.25) is 0 Å². The average molecular weight is 354 g/mol. The predicted octanol–water partition coefficient (Wildman–Crippen LogP) is 3.17. The zero-order valence-corrected chi connectivity index (χ0v) is 15.1. The standard InChI is InChI=1S/C15H22N4O4S/c1-9(18(5)14(20)23-15(2,3)4)13(24)17-12-8-10(19(21)22)6-7-11(12)16/h6-9H,16H2,1-5H3,(H,17,24)/t9-/m0/s1. The van der Waals surface area contributed by atoms with E-state index < -0.39 is 22.7 Å². The maximum absolute atomic E-state index is 12.1. The second-order valence-corrected chi connectivity index (χ2v) is 6.72. The fraction of sp³-hybridized carbons (Fsp3) is 0.467. The van der Waals surface area contributed by atoms with Crippen LogP contribution in [0.1, 0.15) is 27.7 Å². The molecule has 1 amide bonds. The first kappa shape index (κ1) is 19.6. The summed E-state index contributed by atoms with van der Waals surface area (Å²) < 4.78 is 5.28. The number of nitro groups is 1. The molecule has 1 rings (SSSR count). The van der Waals surface area contributed by atoms with E-state index >= 15 is 0 Å². The van der Waals surface area contributed by atoms with Gasteiger partial charge in [-0.2, -0.15) is 0 Å². The van der Waals surface area contributed by atoms with Gasteiger partial charge in [-0.1, -0.05) is 12.2 Å². The number of amides is 1. The Morgan fingerprint density at radius 2 is 2.04 bits per heavy atom. The number of nitrogens with one attached hydrogen (secondary N) is 1. The summed E-state index contributed by atoms with van der Waals surface area (Å²) in [6.07, 6.45) is -0.522. The predicted molar refractivity (Wildman–Crippen MR) is 97.2 cm³/mol. The molecule has 0 aliphatic rings. The second kappa shape index (κ2) is 7.43. The number of thiocarbonyl (C=S) groups is 1. The fourth-order valence-corrected chi connectivity index (χ4v) is 1.94. The zero-order chi connectivity index (χ0) is 18.7. The number of ether oxygens (including phenoxy) is 1. The molecule has 0 aliphatic carbocycles. The quantitative estimate of drug-likeness (QED) is 0.370. The number of hydrogen-bond acceptors (Lipinski definition) is 6. The van der Waals surface area contributed by atoms with Gasteiger partial charge in [-0.3, -0.25) is 10.1 Å². The van der Waals surface area contributed by atoms with Gasteiger partial charge in [0.25, 0.3) is 5.69 Å². The molecular formula is C15H22N4O4S. The van der Waals surface area contributed by atoms with Crippen LogP contribution in [0, 0.1) is 10.1 Å². The summed E-state index contributed by atoms with van der Waals surface area (Å²) >= 11 is 5.28. The molecule has 0 spiro atoms. The molecule has 0 heterocycles. The smallest absolute Gasteiger partial charge is 0.410 e. The highest BCUT2D eigenvalue weighted by molar-refractivity contribution is 7.80. The molecule has 132 valence electrons. The fourth-order valence-electron chi connectivity index (χ4n) is 1.67. The van der Waals surface area contributed by atoms with E-state index in [0.717, 1.165) is 0 Å². The lowest BCUT2D eigenvalue weighted by Crippen LogP contribution is -2.44. The summed E-state index contributed by atoms with van der Waals surface area (Å²) in [6, 6.07) is 3.53. The molecule has 9 heteroatoms. The number of benzene rings is 1. The number of non-ortho nitro benzene ring substituents is 1. The molecule has 0 saturated heterocycles. The first-order valence-electron chi connectivity index (χ1n) is 7.23. The molecule has 0 fully saturated rings. The van der Waals surface area contributed by atoms with Crippen LogP contribution >= 0.6 is 12.2 Å². The first-order chi connectivity index (χ1) is 10.9. The van der Waals surface area contributed by atoms with Crippen LogP contribution in [0.3, 0.4) is 0 Å². The minimum absolute atomic E-state index is 0.109. The lowest BCUT2D eigenvalue weighted by atomic mass is 10.2. The van der Waals surface area contributed by atoms with Crippen molar-refractivity contribution in [3.8, 4) is 0 Å². The number of nitrogens with zero attached hydrogens (tertiary/aromatic N) is 2. The lowest BCUT2D eigenvalue weighted by Gasteiger charge is -2.29. The number of hydrogen-bond donors (Lipinski definition) is 2. The summed E-state index contributed by atoms with van der Waals surface area (Å²) in [5.41, 5.74) is 5.71. The maximum atomic E-state index is 12.1. The molecule has 1 atom stereocenters. The second-order valence-electron chi connectivity index (χ2n) is 6.29. The molecule has 0 saturated carbocycles. The molecule has 0 aromatic heterocycles. The Morgan fingerprint density at radius 1 is 1.46 bits per heavy atom. The Hall–Kier alpha value is -2.42. The first-order valence-corrected chi connectivity index (χ1v) is 7.64. The highest BCUT2D eigenvalue weighted by Gasteiger charge is 2.25. The van der Waals surface area contributed by atoms with Crippen LogP contribution in [0.15, 0.2) is 18.2 Å². The molecule has 8 nitrogen and oxygen atoms in total. The van der Waals surface area contributed by atoms with Crippen molar-refractivity contribution in [1.29, 1.82) is 0 Å². The van der Waals surface area contributed by atoms with Gasteiger partial charge in [-0.25, -0.2) is 4.79 Å². The van der Waals surface area contributed by atoms with Gasteiger partial charge in [0.15, 0.2) is 0 Å². The Labute approximate surface area is 146 Å². The number of nitrogen functional groups attached to an aromatic ring is 1.